The zero-order valence-corrected chi connectivity index (χ0v) is 26.2. The number of ether oxygens (including phenoxy) is 1. The summed E-state index contributed by atoms with van der Waals surface area (Å²) in [7, 11) is 0. The molecule has 0 N–H and O–H groups in total. The minimum Gasteiger partial charge on any atom is -0.429 e. The number of hydrogen-bond acceptors (Lipinski definition) is 1. The van der Waals surface area contributed by atoms with Crippen molar-refractivity contribution >= 4 is 0 Å². The molecule has 0 amide bonds. The van der Waals surface area contributed by atoms with Crippen molar-refractivity contribution in [2.75, 3.05) is 0 Å². The summed E-state index contributed by atoms with van der Waals surface area (Å²) in [5, 5.41) is 0. The first-order chi connectivity index (χ1) is 23.1. The maximum Gasteiger partial charge on any atom is 0.432 e. The van der Waals surface area contributed by atoms with Gasteiger partial charge in [0.05, 0.1) is 11.1 Å². The molecule has 49 heavy (non-hydrogen) atoms. The first-order valence-electron chi connectivity index (χ1n) is 15.8. The first-order valence-corrected chi connectivity index (χ1v) is 15.8. The van der Waals surface area contributed by atoms with E-state index in [9.17, 15) is 35.1 Å². The van der Waals surface area contributed by atoms with Gasteiger partial charge in [-0.05, 0) is 96.7 Å². The van der Waals surface area contributed by atoms with Crippen LogP contribution >= 0.6 is 0 Å². The topological polar surface area (TPSA) is 9.23 Å². The van der Waals surface area contributed by atoms with Crippen molar-refractivity contribution in [3.05, 3.63) is 112 Å². The van der Waals surface area contributed by atoms with E-state index in [1.807, 2.05) is 0 Å². The number of benzene rings is 4. The Kier molecular flexibility index (Phi) is 10.6. The van der Waals surface area contributed by atoms with Gasteiger partial charge in [-0.3, -0.25) is 0 Å². The Balaban J connectivity index is 1.35. The third-order valence-corrected chi connectivity index (χ3v) is 8.99. The molecule has 1 nitrogen and oxygen atoms in total. The SMILES string of the molecule is CCCCCC1CCC(c2ccc(-c3cc(F)c(-c4cc(F)c(C(F)(F)Oc5ccc(C(F)(F)F)c(F)c5)c(F)c4)c(F)c3)c(F)c2)CC1. The number of halogens is 11. The summed E-state index contributed by atoms with van der Waals surface area (Å²) in [6.45, 7) is 2.16. The molecule has 0 aromatic heterocycles. The molecule has 0 bridgehead atoms. The molecule has 0 saturated heterocycles. The van der Waals surface area contributed by atoms with Gasteiger partial charge in [0.1, 0.15) is 46.2 Å². The van der Waals surface area contributed by atoms with Gasteiger partial charge in [0.25, 0.3) is 0 Å². The second-order valence-electron chi connectivity index (χ2n) is 12.3. The molecule has 1 aliphatic carbocycles. The van der Waals surface area contributed by atoms with Gasteiger partial charge in [-0.15, -0.1) is 0 Å². The van der Waals surface area contributed by atoms with Gasteiger partial charge in [-0.1, -0.05) is 44.7 Å². The van der Waals surface area contributed by atoms with Crippen molar-refractivity contribution in [3.8, 4) is 28.0 Å². The van der Waals surface area contributed by atoms with Crippen LogP contribution in [0.15, 0.2) is 60.7 Å². The molecule has 0 heterocycles. The molecule has 4 aromatic carbocycles. The molecule has 12 heteroatoms. The summed E-state index contributed by atoms with van der Waals surface area (Å²) in [6, 6.07) is 6.75. The molecule has 262 valence electrons. The number of alkyl halides is 5. The first kappa shape index (κ1) is 36.2. The fourth-order valence-electron chi connectivity index (χ4n) is 6.48. The predicted molar refractivity (Wildman–Crippen MR) is 162 cm³/mol. The summed E-state index contributed by atoms with van der Waals surface area (Å²) in [6.07, 6.45) is -1.41. The van der Waals surface area contributed by atoms with Gasteiger partial charge in [0.2, 0.25) is 0 Å². The lowest BCUT2D eigenvalue weighted by Crippen LogP contribution is -2.25. The Labute approximate surface area is 275 Å². The van der Waals surface area contributed by atoms with E-state index < -0.39 is 75.2 Å². The van der Waals surface area contributed by atoms with E-state index in [0.29, 0.717) is 12.0 Å². The van der Waals surface area contributed by atoms with Gasteiger partial charge in [-0.2, -0.15) is 22.0 Å². The molecule has 0 radical (unpaired) electrons. The number of unbranched alkanes of at least 4 members (excludes halogenated alkanes) is 2. The molecule has 0 atom stereocenters. The van der Waals surface area contributed by atoms with E-state index in [4.69, 9.17) is 0 Å². The highest BCUT2D eigenvalue weighted by atomic mass is 19.4. The van der Waals surface area contributed by atoms with Crippen LogP contribution in [0.1, 0.15) is 80.9 Å². The van der Waals surface area contributed by atoms with E-state index in [2.05, 4.69) is 11.7 Å². The summed E-state index contributed by atoms with van der Waals surface area (Å²) in [4.78, 5) is 0. The Morgan fingerprint density at radius 1 is 0.633 bits per heavy atom. The molecule has 4 aromatic rings. The second-order valence-corrected chi connectivity index (χ2v) is 12.3. The lowest BCUT2D eigenvalue weighted by molar-refractivity contribution is -0.189. The van der Waals surface area contributed by atoms with Crippen LogP contribution in [0.25, 0.3) is 22.3 Å². The Bertz CT molecular complexity index is 1760. The second kappa shape index (κ2) is 14.4. The van der Waals surface area contributed by atoms with Crippen molar-refractivity contribution in [2.24, 2.45) is 5.92 Å². The Morgan fingerprint density at radius 2 is 1.24 bits per heavy atom. The molecule has 1 saturated carbocycles. The van der Waals surface area contributed by atoms with Gasteiger partial charge in [0, 0.05) is 11.6 Å². The maximum atomic E-state index is 15.3. The van der Waals surface area contributed by atoms with Crippen LogP contribution < -0.4 is 4.74 Å². The van der Waals surface area contributed by atoms with E-state index in [1.54, 1.807) is 6.07 Å². The van der Waals surface area contributed by atoms with Gasteiger partial charge in [-0.25, -0.2) is 26.3 Å². The minimum absolute atomic E-state index is 0.0377. The largest absolute Gasteiger partial charge is 0.432 e. The highest BCUT2D eigenvalue weighted by Gasteiger charge is 2.42. The van der Waals surface area contributed by atoms with Crippen LogP contribution in [0.4, 0.5) is 48.3 Å². The zero-order valence-electron chi connectivity index (χ0n) is 26.2. The summed E-state index contributed by atoms with van der Waals surface area (Å²) in [5.41, 5.74) is -5.19. The molecular formula is C37H31F11O. The van der Waals surface area contributed by atoms with Crippen LogP contribution in [0, 0.1) is 40.8 Å². The normalized spacial score (nSPS) is 17.0. The summed E-state index contributed by atoms with van der Waals surface area (Å²) in [5.74, 6) is -9.84. The van der Waals surface area contributed by atoms with Crippen molar-refractivity contribution in [2.45, 2.75) is 76.5 Å². The van der Waals surface area contributed by atoms with Crippen LogP contribution in [0.3, 0.4) is 0 Å². The van der Waals surface area contributed by atoms with Crippen LogP contribution in [-0.2, 0) is 12.3 Å². The highest BCUT2D eigenvalue weighted by Crippen LogP contribution is 2.42. The number of rotatable bonds is 10. The van der Waals surface area contributed by atoms with E-state index in [-0.39, 0.29) is 41.3 Å². The zero-order chi connectivity index (χ0) is 35.7. The molecule has 1 aliphatic rings. The monoisotopic (exact) mass is 700 g/mol. The smallest absolute Gasteiger partial charge is 0.429 e. The molecule has 0 spiro atoms. The Hall–Kier alpha value is -4.09. The highest BCUT2D eigenvalue weighted by molar-refractivity contribution is 5.72. The lowest BCUT2D eigenvalue weighted by Gasteiger charge is -2.29. The fraction of sp³-hybridized carbons (Fsp3) is 0.351. The summed E-state index contributed by atoms with van der Waals surface area (Å²) < 4.78 is 162. The van der Waals surface area contributed by atoms with Crippen LogP contribution in [0.2, 0.25) is 0 Å². The average molecular weight is 701 g/mol. The molecular weight excluding hydrogens is 669 g/mol. The Morgan fingerprint density at radius 3 is 1.80 bits per heavy atom. The summed E-state index contributed by atoms with van der Waals surface area (Å²) >= 11 is 0. The van der Waals surface area contributed by atoms with Crippen LogP contribution in [-0.4, -0.2) is 0 Å². The maximum absolute atomic E-state index is 15.3. The molecule has 0 unspecified atom stereocenters. The van der Waals surface area contributed by atoms with Crippen molar-refractivity contribution in [3.63, 3.8) is 0 Å². The van der Waals surface area contributed by atoms with E-state index in [1.165, 1.54) is 31.4 Å². The average Bonchev–Trinajstić information content (AvgIpc) is 3.00. The number of hydrogen-bond donors (Lipinski definition) is 0. The minimum atomic E-state index is -5.15. The third-order valence-electron chi connectivity index (χ3n) is 8.99. The lowest BCUT2D eigenvalue weighted by atomic mass is 9.77. The van der Waals surface area contributed by atoms with Gasteiger partial charge >= 0.3 is 12.3 Å². The fourth-order valence-corrected chi connectivity index (χ4v) is 6.48. The van der Waals surface area contributed by atoms with E-state index >= 15 is 13.2 Å². The van der Waals surface area contributed by atoms with Gasteiger partial charge < -0.3 is 4.74 Å². The molecule has 1 fully saturated rings. The van der Waals surface area contributed by atoms with Crippen molar-refractivity contribution < 1.29 is 53.0 Å². The van der Waals surface area contributed by atoms with Crippen LogP contribution in [0.5, 0.6) is 5.75 Å². The quantitative estimate of drug-likeness (QED) is 0.118. The molecule has 5 rings (SSSR count). The predicted octanol–water partition coefficient (Wildman–Crippen LogP) is 12.9. The standard InChI is InChI=1S/C37H31F11O/c1-2-3-4-5-20-6-8-21(9-7-20)22-10-12-26(28(38)14-22)23-15-30(40)34(31(41)16-23)24-17-32(42)35(33(43)18-24)37(47,48)49-25-11-13-27(29(39)19-25)36(44,45)46/h10-21H,2-9H2,1H3. The van der Waals surface area contributed by atoms with E-state index in [0.717, 1.165) is 49.8 Å². The van der Waals surface area contributed by atoms with Crippen molar-refractivity contribution in [1.82, 2.24) is 0 Å². The van der Waals surface area contributed by atoms with Crippen molar-refractivity contribution in [1.29, 1.82) is 0 Å². The van der Waals surface area contributed by atoms with Gasteiger partial charge in [0.15, 0.2) is 0 Å². The molecule has 0 aliphatic heterocycles. The third kappa shape index (κ3) is 8.05.